The van der Waals surface area contributed by atoms with Gasteiger partial charge < -0.3 is 16.8 Å². The second-order valence-corrected chi connectivity index (χ2v) is 8.10. The second kappa shape index (κ2) is 8.65. The van der Waals surface area contributed by atoms with E-state index in [0.29, 0.717) is 22.1 Å². The predicted molar refractivity (Wildman–Crippen MR) is 132 cm³/mol. The van der Waals surface area contributed by atoms with Crippen molar-refractivity contribution < 1.29 is 0 Å². The highest BCUT2D eigenvalue weighted by molar-refractivity contribution is 6.35. The van der Waals surface area contributed by atoms with Gasteiger partial charge in [-0.2, -0.15) is 15.1 Å². The van der Waals surface area contributed by atoms with Gasteiger partial charge in [-0.05, 0) is 17.7 Å². The number of aromatic amines is 1. The maximum Gasteiger partial charge on any atom is 0.267 e. The molecule has 34 heavy (non-hydrogen) atoms. The third-order valence-electron chi connectivity index (χ3n) is 5.18. The number of anilines is 3. The van der Waals surface area contributed by atoms with Crippen LogP contribution in [-0.2, 0) is 0 Å². The molecule has 0 aliphatic heterocycles. The number of nitrogens with one attached hydrogen (secondary N) is 2. The summed E-state index contributed by atoms with van der Waals surface area (Å²) in [4.78, 5) is 26.6. The van der Waals surface area contributed by atoms with Gasteiger partial charge in [-0.15, -0.1) is 0 Å². The van der Waals surface area contributed by atoms with Gasteiger partial charge in [0.15, 0.2) is 5.82 Å². The maximum atomic E-state index is 13.7. The Bertz CT molecular complexity index is 1550. The van der Waals surface area contributed by atoms with Crippen LogP contribution in [0, 0.1) is 0 Å². The van der Waals surface area contributed by atoms with Crippen LogP contribution in [0.25, 0.3) is 16.6 Å². The average Bonchev–Trinajstić information content (AvgIpc) is 3.35. The Hall–Kier alpha value is -4.15. The van der Waals surface area contributed by atoms with Crippen molar-refractivity contribution in [3.8, 4) is 5.69 Å². The van der Waals surface area contributed by atoms with Crippen molar-refractivity contribution in [2.45, 2.75) is 6.04 Å². The minimum atomic E-state index is -0.696. The van der Waals surface area contributed by atoms with Crippen molar-refractivity contribution in [2.24, 2.45) is 0 Å². The molecule has 0 aliphatic rings. The molecule has 10 nitrogen and oxygen atoms in total. The van der Waals surface area contributed by atoms with Gasteiger partial charge in [0.1, 0.15) is 22.7 Å². The number of rotatable bonds is 5. The van der Waals surface area contributed by atoms with Gasteiger partial charge in [-0.1, -0.05) is 59.6 Å². The van der Waals surface area contributed by atoms with Crippen molar-refractivity contribution in [3.63, 3.8) is 0 Å². The Kier molecular flexibility index (Phi) is 5.52. The number of fused-ring (bicyclic) bond motifs is 1. The Labute approximate surface area is 202 Å². The molecule has 3 heterocycles. The fraction of sp³-hybridized carbons (Fsp3) is 0.0455. The van der Waals surface area contributed by atoms with E-state index in [2.05, 4.69) is 25.5 Å². The van der Waals surface area contributed by atoms with E-state index in [1.807, 2.05) is 30.3 Å². The minimum absolute atomic E-state index is 0.0222. The van der Waals surface area contributed by atoms with Crippen LogP contribution in [0.3, 0.4) is 0 Å². The topological polar surface area (TPSA) is 153 Å². The first kappa shape index (κ1) is 21.7. The molecule has 0 spiro atoms. The van der Waals surface area contributed by atoms with Crippen molar-refractivity contribution in [1.29, 1.82) is 0 Å². The van der Waals surface area contributed by atoms with Gasteiger partial charge in [-0.3, -0.25) is 14.5 Å². The number of hydrogen-bond donors (Lipinski definition) is 4. The summed E-state index contributed by atoms with van der Waals surface area (Å²) in [5.74, 6) is 0.509. The molecule has 0 fully saturated rings. The molecule has 0 radical (unpaired) electrons. The Morgan fingerprint density at radius 2 is 1.79 bits per heavy atom. The molecular formula is C22H17Cl2N9O. The highest BCUT2D eigenvalue weighted by Crippen LogP contribution is 2.32. The third kappa shape index (κ3) is 3.78. The Morgan fingerprint density at radius 1 is 1.00 bits per heavy atom. The first-order chi connectivity index (χ1) is 16.4. The summed E-state index contributed by atoms with van der Waals surface area (Å²) in [7, 11) is 0. The molecule has 0 amide bonds. The van der Waals surface area contributed by atoms with Crippen LogP contribution in [0.2, 0.25) is 10.0 Å². The van der Waals surface area contributed by atoms with Gasteiger partial charge >= 0.3 is 0 Å². The largest absolute Gasteiger partial charge is 0.382 e. The average molecular weight is 494 g/mol. The van der Waals surface area contributed by atoms with E-state index < -0.39 is 6.04 Å². The lowest BCUT2D eigenvalue weighted by molar-refractivity contribution is 0.761. The van der Waals surface area contributed by atoms with E-state index in [9.17, 15) is 4.79 Å². The molecule has 3 aromatic heterocycles. The Balaban J connectivity index is 1.82. The van der Waals surface area contributed by atoms with Crippen LogP contribution in [0.1, 0.15) is 17.4 Å². The van der Waals surface area contributed by atoms with E-state index >= 15 is 0 Å². The highest BCUT2D eigenvalue weighted by Gasteiger charge is 2.26. The molecule has 12 heteroatoms. The third-order valence-corrected chi connectivity index (χ3v) is 5.87. The van der Waals surface area contributed by atoms with Crippen LogP contribution in [0.15, 0.2) is 65.7 Å². The van der Waals surface area contributed by atoms with E-state index in [1.165, 1.54) is 10.8 Å². The fourth-order valence-corrected chi connectivity index (χ4v) is 4.06. The molecular weight excluding hydrogens is 477 g/mol. The summed E-state index contributed by atoms with van der Waals surface area (Å²) in [5.41, 5.74) is 13.0. The van der Waals surface area contributed by atoms with E-state index in [1.54, 1.807) is 24.4 Å². The number of aromatic nitrogens is 6. The van der Waals surface area contributed by atoms with Crippen molar-refractivity contribution in [3.05, 3.63) is 92.7 Å². The summed E-state index contributed by atoms with van der Waals surface area (Å²) in [6.07, 6.45) is 3.11. The molecule has 2 aromatic carbocycles. The van der Waals surface area contributed by atoms with Gasteiger partial charge in [0, 0.05) is 6.20 Å². The number of benzene rings is 2. The number of halogens is 2. The number of nitrogen functional groups attached to an aromatic ring is 2. The van der Waals surface area contributed by atoms with Crippen LogP contribution in [-0.4, -0.2) is 29.7 Å². The molecule has 0 aliphatic carbocycles. The summed E-state index contributed by atoms with van der Waals surface area (Å²) in [6, 6.07) is 13.8. The summed E-state index contributed by atoms with van der Waals surface area (Å²) >= 11 is 12.8. The highest BCUT2D eigenvalue weighted by atomic mass is 35.5. The smallest absolute Gasteiger partial charge is 0.267 e. The number of nitrogens with zero attached hydrogens (tertiary/aromatic N) is 5. The SMILES string of the molecule is Nc1nc(N)c(Cl)c(NC(c2ccccc2)c2nc3cccc(Cl)c3c(=O)n2-c2cn[nH]c2)n1. The minimum Gasteiger partial charge on any atom is -0.382 e. The van der Waals surface area contributed by atoms with Crippen LogP contribution in [0.4, 0.5) is 17.6 Å². The lowest BCUT2D eigenvalue weighted by Gasteiger charge is -2.23. The summed E-state index contributed by atoms with van der Waals surface area (Å²) < 4.78 is 1.43. The van der Waals surface area contributed by atoms with Gasteiger partial charge in [0.05, 0.1) is 27.8 Å². The van der Waals surface area contributed by atoms with Crippen LogP contribution >= 0.6 is 23.2 Å². The maximum absolute atomic E-state index is 13.7. The zero-order valence-corrected chi connectivity index (χ0v) is 18.9. The number of hydrogen-bond acceptors (Lipinski definition) is 8. The normalized spacial score (nSPS) is 12.1. The lowest BCUT2D eigenvalue weighted by Crippen LogP contribution is -2.29. The molecule has 0 saturated carbocycles. The summed E-state index contributed by atoms with van der Waals surface area (Å²) in [5, 5.41) is 10.6. The van der Waals surface area contributed by atoms with E-state index in [0.717, 1.165) is 5.56 Å². The molecule has 1 unspecified atom stereocenters. The first-order valence-corrected chi connectivity index (χ1v) is 10.8. The quantitative estimate of drug-likeness (QED) is 0.289. The molecule has 5 aromatic rings. The van der Waals surface area contributed by atoms with Crippen LogP contribution in [0.5, 0.6) is 0 Å². The summed E-state index contributed by atoms with van der Waals surface area (Å²) in [6.45, 7) is 0. The van der Waals surface area contributed by atoms with Gasteiger partial charge in [-0.25, -0.2) is 4.98 Å². The van der Waals surface area contributed by atoms with Crippen molar-refractivity contribution in [2.75, 3.05) is 16.8 Å². The molecule has 0 bridgehead atoms. The van der Waals surface area contributed by atoms with E-state index in [-0.39, 0.29) is 33.6 Å². The van der Waals surface area contributed by atoms with Crippen molar-refractivity contribution in [1.82, 2.24) is 29.7 Å². The Morgan fingerprint density at radius 3 is 2.53 bits per heavy atom. The van der Waals surface area contributed by atoms with Crippen LogP contribution < -0.4 is 22.3 Å². The van der Waals surface area contributed by atoms with Gasteiger partial charge in [0.2, 0.25) is 5.95 Å². The molecule has 0 saturated heterocycles. The van der Waals surface area contributed by atoms with Crippen molar-refractivity contribution >= 4 is 51.7 Å². The molecule has 1 atom stereocenters. The standard InChI is InChI=1S/C22H17Cl2N9O/c23-13-7-4-8-14-15(13)21(34)33(12-9-27-28-10-12)20(29-14)17(11-5-2-1-3-6-11)30-19-16(24)18(25)31-22(26)32-19/h1-10,17H,(H,27,28)(H5,25,26,30,31,32). The number of nitrogens with two attached hydrogens (primary N) is 2. The van der Waals surface area contributed by atoms with E-state index in [4.69, 9.17) is 39.7 Å². The zero-order valence-electron chi connectivity index (χ0n) is 17.4. The first-order valence-electron chi connectivity index (χ1n) is 10.0. The predicted octanol–water partition coefficient (Wildman–Crippen LogP) is 3.57. The molecule has 6 N–H and O–H groups in total. The monoisotopic (exact) mass is 493 g/mol. The zero-order chi connectivity index (χ0) is 23.8. The van der Waals surface area contributed by atoms with Gasteiger partial charge in [0.25, 0.3) is 5.56 Å². The molecule has 5 rings (SSSR count). The fourth-order valence-electron chi connectivity index (χ4n) is 3.67. The second-order valence-electron chi connectivity index (χ2n) is 7.32. The lowest BCUT2D eigenvalue weighted by atomic mass is 10.0. The molecule has 170 valence electrons. The number of H-pyrrole nitrogens is 1.